The summed E-state index contributed by atoms with van der Waals surface area (Å²) in [4.78, 5) is 12.0. The Balaban J connectivity index is 2.35. The molecule has 1 aromatic heterocycles. The molecule has 2 aromatic rings. The van der Waals surface area contributed by atoms with Gasteiger partial charge in [-0.25, -0.2) is 9.48 Å². The van der Waals surface area contributed by atoms with Gasteiger partial charge < -0.3 is 4.74 Å². The van der Waals surface area contributed by atoms with E-state index in [2.05, 4.69) is 50.1 Å². The van der Waals surface area contributed by atoms with Crippen molar-refractivity contribution in [2.45, 2.75) is 52.9 Å². The van der Waals surface area contributed by atoms with E-state index in [-0.39, 0.29) is 5.97 Å². The number of rotatable bonds is 7. The minimum atomic E-state index is -0.359. The quantitative estimate of drug-likeness (QED) is 0.706. The van der Waals surface area contributed by atoms with Crippen LogP contribution < -0.4 is 0 Å². The number of carbonyl (C=O) groups excluding carboxylic acids is 1. The molecule has 1 heterocycles. The molecule has 1 aromatic carbocycles. The molecule has 0 unspecified atom stereocenters. The minimum absolute atomic E-state index is 0.359. The highest BCUT2D eigenvalue weighted by molar-refractivity contribution is 5.87. The van der Waals surface area contributed by atoms with Gasteiger partial charge in [-0.1, -0.05) is 39.3 Å². The van der Waals surface area contributed by atoms with Gasteiger partial charge in [0.1, 0.15) is 0 Å². The lowest BCUT2D eigenvalue weighted by atomic mass is 10.0. The summed E-state index contributed by atoms with van der Waals surface area (Å²) < 4.78 is 6.94. The molecule has 0 aliphatic heterocycles. The van der Waals surface area contributed by atoms with Crippen LogP contribution in [0.15, 0.2) is 30.3 Å². The van der Waals surface area contributed by atoms with E-state index < -0.39 is 0 Å². The third-order valence-electron chi connectivity index (χ3n) is 3.86. The second-order valence-electron chi connectivity index (χ2n) is 6.00. The monoisotopic (exact) mass is 314 g/mol. The van der Waals surface area contributed by atoms with E-state index >= 15 is 0 Å². The Bertz CT molecular complexity index is 642. The van der Waals surface area contributed by atoms with Crippen molar-refractivity contribution in [3.63, 3.8) is 0 Å². The van der Waals surface area contributed by atoms with Crippen LogP contribution in [0.1, 0.15) is 68.2 Å². The lowest BCUT2D eigenvalue weighted by Gasteiger charge is -2.09. The van der Waals surface area contributed by atoms with Crippen LogP contribution in [0.5, 0.6) is 0 Å². The topological polar surface area (TPSA) is 44.1 Å². The Labute approximate surface area is 138 Å². The zero-order valence-electron chi connectivity index (χ0n) is 14.5. The first-order valence-corrected chi connectivity index (χ1v) is 8.43. The molecule has 0 amide bonds. The van der Waals surface area contributed by atoms with Gasteiger partial charge in [-0.05, 0) is 49.4 Å². The highest BCUT2D eigenvalue weighted by atomic mass is 16.5. The van der Waals surface area contributed by atoms with Crippen molar-refractivity contribution in [1.29, 1.82) is 0 Å². The van der Waals surface area contributed by atoms with E-state index in [1.165, 1.54) is 5.56 Å². The number of esters is 1. The van der Waals surface area contributed by atoms with Gasteiger partial charge in [0.15, 0.2) is 5.69 Å². The van der Waals surface area contributed by atoms with Gasteiger partial charge in [-0.3, -0.25) is 0 Å². The predicted molar refractivity (Wildman–Crippen MR) is 92.2 cm³/mol. The summed E-state index contributed by atoms with van der Waals surface area (Å²) in [6, 6.07) is 10.2. The average molecular weight is 314 g/mol. The number of hydrogen-bond donors (Lipinski definition) is 0. The van der Waals surface area contributed by atoms with Crippen molar-refractivity contribution >= 4 is 5.97 Å². The molecule has 0 atom stereocenters. The lowest BCUT2D eigenvalue weighted by Crippen LogP contribution is -2.07. The fourth-order valence-electron chi connectivity index (χ4n) is 2.48. The summed E-state index contributed by atoms with van der Waals surface area (Å²) >= 11 is 0. The Kier molecular flexibility index (Phi) is 5.97. The van der Waals surface area contributed by atoms with Crippen LogP contribution in [-0.2, 0) is 11.2 Å². The molecule has 0 aliphatic rings. The zero-order valence-corrected chi connectivity index (χ0v) is 14.5. The third-order valence-corrected chi connectivity index (χ3v) is 3.86. The average Bonchev–Trinajstić information content (AvgIpc) is 2.97. The first-order valence-electron chi connectivity index (χ1n) is 8.43. The van der Waals surface area contributed by atoms with E-state index in [4.69, 9.17) is 4.74 Å². The van der Waals surface area contributed by atoms with Crippen molar-refractivity contribution in [2.24, 2.45) is 0 Å². The molecule has 0 bridgehead atoms. The van der Waals surface area contributed by atoms with Crippen LogP contribution in [0, 0.1) is 0 Å². The number of aromatic nitrogens is 2. The standard InChI is InChI=1S/C19H26N2O2/c1-5-7-8-17-13-18(19(22)23-6-2)20-21(17)16-11-9-15(10-12-16)14(3)4/h9-14H,5-8H2,1-4H3. The van der Waals surface area contributed by atoms with E-state index in [9.17, 15) is 4.79 Å². The number of carbonyl (C=O) groups is 1. The molecule has 0 radical (unpaired) electrons. The van der Waals surface area contributed by atoms with Gasteiger partial charge in [0, 0.05) is 5.69 Å². The Morgan fingerprint density at radius 1 is 1.22 bits per heavy atom. The Morgan fingerprint density at radius 2 is 1.91 bits per heavy atom. The molecule has 0 fully saturated rings. The van der Waals surface area contributed by atoms with Gasteiger partial charge in [0.2, 0.25) is 0 Å². The maximum atomic E-state index is 12.0. The number of hydrogen-bond acceptors (Lipinski definition) is 3. The molecule has 23 heavy (non-hydrogen) atoms. The zero-order chi connectivity index (χ0) is 16.8. The fraction of sp³-hybridized carbons (Fsp3) is 0.474. The summed E-state index contributed by atoms with van der Waals surface area (Å²) in [5.74, 6) is 0.138. The van der Waals surface area contributed by atoms with Crippen LogP contribution in [0.2, 0.25) is 0 Å². The fourth-order valence-corrected chi connectivity index (χ4v) is 2.48. The summed E-state index contributed by atoms with van der Waals surface area (Å²) in [7, 11) is 0. The SMILES string of the molecule is CCCCc1cc(C(=O)OCC)nn1-c1ccc(C(C)C)cc1. The maximum absolute atomic E-state index is 12.0. The summed E-state index contributed by atoms with van der Waals surface area (Å²) in [6.45, 7) is 8.67. The maximum Gasteiger partial charge on any atom is 0.358 e. The summed E-state index contributed by atoms with van der Waals surface area (Å²) in [6.07, 6.45) is 3.07. The number of benzene rings is 1. The van der Waals surface area contributed by atoms with Crippen LogP contribution >= 0.6 is 0 Å². The number of unbranched alkanes of at least 4 members (excludes halogenated alkanes) is 1. The van der Waals surface area contributed by atoms with Gasteiger partial charge in [0.25, 0.3) is 0 Å². The lowest BCUT2D eigenvalue weighted by molar-refractivity contribution is 0.0519. The molecule has 4 heteroatoms. The largest absolute Gasteiger partial charge is 0.461 e. The molecular formula is C19H26N2O2. The molecule has 4 nitrogen and oxygen atoms in total. The molecule has 0 saturated carbocycles. The second kappa shape index (κ2) is 7.95. The van der Waals surface area contributed by atoms with E-state index in [1.807, 2.05) is 10.7 Å². The minimum Gasteiger partial charge on any atom is -0.461 e. The van der Waals surface area contributed by atoms with Crippen LogP contribution in [0.4, 0.5) is 0 Å². The molecule has 2 rings (SSSR count). The molecule has 0 N–H and O–H groups in total. The van der Waals surface area contributed by atoms with Crippen LogP contribution in [0.3, 0.4) is 0 Å². The number of nitrogens with zero attached hydrogens (tertiary/aromatic N) is 2. The Morgan fingerprint density at radius 3 is 2.48 bits per heavy atom. The first-order chi connectivity index (χ1) is 11.1. The number of ether oxygens (including phenoxy) is 1. The molecule has 0 saturated heterocycles. The highest BCUT2D eigenvalue weighted by Gasteiger charge is 2.16. The van der Waals surface area contributed by atoms with Gasteiger partial charge in [0.05, 0.1) is 12.3 Å². The van der Waals surface area contributed by atoms with Crippen LogP contribution in [0.25, 0.3) is 5.69 Å². The molecule has 0 aliphatic carbocycles. The normalized spacial score (nSPS) is 11.0. The first kappa shape index (κ1) is 17.3. The summed E-state index contributed by atoms with van der Waals surface area (Å²) in [5, 5.41) is 4.47. The van der Waals surface area contributed by atoms with Gasteiger partial charge in [-0.2, -0.15) is 5.10 Å². The van der Waals surface area contributed by atoms with E-state index in [0.29, 0.717) is 18.2 Å². The van der Waals surface area contributed by atoms with E-state index in [1.54, 1.807) is 6.92 Å². The highest BCUT2D eigenvalue weighted by Crippen LogP contribution is 2.19. The van der Waals surface area contributed by atoms with Crippen molar-refractivity contribution in [3.8, 4) is 5.69 Å². The van der Waals surface area contributed by atoms with Gasteiger partial charge >= 0.3 is 5.97 Å². The summed E-state index contributed by atoms with van der Waals surface area (Å²) in [5.41, 5.74) is 3.70. The van der Waals surface area contributed by atoms with Crippen molar-refractivity contribution in [1.82, 2.24) is 9.78 Å². The van der Waals surface area contributed by atoms with Crippen LogP contribution in [-0.4, -0.2) is 22.4 Å². The second-order valence-corrected chi connectivity index (χ2v) is 6.00. The third kappa shape index (κ3) is 4.21. The van der Waals surface area contributed by atoms with Crippen molar-refractivity contribution < 1.29 is 9.53 Å². The molecule has 0 spiro atoms. The van der Waals surface area contributed by atoms with Crippen molar-refractivity contribution in [2.75, 3.05) is 6.61 Å². The van der Waals surface area contributed by atoms with Crippen molar-refractivity contribution in [3.05, 3.63) is 47.3 Å². The smallest absolute Gasteiger partial charge is 0.358 e. The van der Waals surface area contributed by atoms with Gasteiger partial charge in [-0.15, -0.1) is 0 Å². The predicted octanol–water partition coefficient (Wildman–Crippen LogP) is 4.52. The molecular weight excluding hydrogens is 288 g/mol. The number of aryl methyl sites for hydroxylation is 1. The van der Waals surface area contributed by atoms with E-state index in [0.717, 1.165) is 30.6 Å². The molecule has 124 valence electrons. The Hall–Kier alpha value is -2.10.